The lowest BCUT2D eigenvalue weighted by molar-refractivity contribution is -0.141. The average Bonchev–Trinajstić information content (AvgIpc) is 2.91. The number of hydrogen-bond donors (Lipinski definition) is 1. The van der Waals surface area contributed by atoms with Crippen LogP contribution in [0.2, 0.25) is 0 Å². The number of nitrogens with one attached hydrogen (secondary N) is 1. The Morgan fingerprint density at radius 2 is 1.54 bits per heavy atom. The van der Waals surface area contributed by atoms with E-state index in [0.717, 1.165) is 27.8 Å². The van der Waals surface area contributed by atoms with Gasteiger partial charge in [-0.2, -0.15) is 0 Å². The van der Waals surface area contributed by atoms with Crippen LogP contribution in [0.5, 0.6) is 0 Å². The van der Waals surface area contributed by atoms with E-state index in [9.17, 15) is 18.0 Å². The van der Waals surface area contributed by atoms with Crippen LogP contribution in [0.1, 0.15) is 40.7 Å². The molecule has 39 heavy (non-hydrogen) atoms. The lowest BCUT2D eigenvalue weighted by Gasteiger charge is -2.32. The fourth-order valence-corrected chi connectivity index (χ4v) is 5.61. The van der Waals surface area contributed by atoms with E-state index in [1.54, 1.807) is 18.0 Å². The summed E-state index contributed by atoms with van der Waals surface area (Å²) >= 11 is 0. The van der Waals surface area contributed by atoms with Gasteiger partial charge in [0.05, 0.1) is 11.9 Å². The van der Waals surface area contributed by atoms with Crippen molar-refractivity contribution >= 4 is 27.5 Å². The number of carbonyl (C=O) groups excluding carboxylic acids is 2. The van der Waals surface area contributed by atoms with E-state index in [1.807, 2.05) is 87.5 Å². The fraction of sp³-hybridized carbons (Fsp3) is 0.355. The summed E-state index contributed by atoms with van der Waals surface area (Å²) < 4.78 is 26.8. The van der Waals surface area contributed by atoms with Crippen molar-refractivity contribution in [2.45, 2.75) is 52.6 Å². The van der Waals surface area contributed by atoms with Gasteiger partial charge in [-0.3, -0.25) is 13.9 Å². The third-order valence-electron chi connectivity index (χ3n) is 6.99. The highest BCUT2D eigenvalue weighted by Crippen LogP contribution is 2.26. The molecule has 0 bridgehead atoms. The Balaban J connectivity index is 1.86. The van der Waals surface area contributed by atoms with Gasteiger partial charge in [-0.05, 0) is 55.5 Å². The summed E-state index contributed by atoms with van der Waals surface area (Å²) in [4.78, 5) is 28.4. The number of likely N-dealkylation sites (N-methyl/N-ethyl adjacent to an activating group) is 1. The van der Waals surface area contributed by atoms with Crippen molar-refractivity contribution in [3.05, 3.63) is 101 Å². The van der Waals surface area contributed by atoms with Gasteiger partial charge in [0.1, 0.15) is 6.04 Å². The summed E-state index contributed by atoms with van der Waals surface area (Å²) in [6.07, 6.45) is 1.97. The minimum absolute atomic E-state index is 0.102. The van der Waals surface area contributed by atoms with E-state index in [4.69, 9.17) is 0 Å². The molecule has 1 N–H and O–H groups in total. The zero-order chi connectivity index (χ0) is 28.6. The summed E-state index contributed by atoms with van der Waals surface area (Å²) in [5.41, 5.74) is 5.48. The SMILES string of the molecule is CNC(=O)[C@H](Cc1ccccc1)N(Cc1ccc(C)cc1)C(=O)CCCN(c1cccc(C)c1C)S(C)(=O)=O. The minimum atomic E-state index is -3.56. The van der Waals surface area contributed by atoms with Crippen LogP contribution in [0.25, 0.3) is 0 Å². The third-order valence-corrected chi connectivity index (χ3v) is 8.17. The number of hydrogen-bond acceptors (Lipinski definition) is 4. The van der Waals surface area contributed by atoms with Gasteiger partial charge in [-0.15, -0.1) is 0 Å². The van der Waals surface area contributed by atoms with Crippen LogP contribution >= 0.6 is 0 Å². The molecule has 0 spiro atoms. The maximum Gasteiger partial charge on any atom is 0.242 e. The fourth-order valence-electron chi connectivity index (χ4n) is 4.60. The molecule has 0 fully saturated rings. The lowest BCUT2D eigenvalue weighted by atomic mass is 10.0. The maximum absolute atomic E-state index is 13.7. The Morgan fingerprint density at radius 1 is 0.872 bits per heavy atom. The van der Waals surface area contributed by atoms with Crippen LogP contribution in [0, 0.1) is 20.8 Å². The standard InChI is InChI=1S/C31H39N3O4S/c1-23-16-18-27(19-17-23)22-33(29(31(36)32-4)21-26-12-7-6-8-13-26)30(35)15-10-20-34(39(5,37)38)28-14-9-11-24(2)25(28)3/h6-9,11-14,16-19,29H,10,15,20-22H2,1-5H3,(H,32,36)/t29-/m0/s1. The van der Waals surface area contributed by atoms with Gasteiger partial charge >= 0.3 is 0 Å². The summed E-state index contributed by atoms with van der Waals surface area (Å²) in [5, 5.41) is 2.72. The van der Waals surface area contributed by atoms with Gasteiger partial charge in [0.2, 0.25) is 21.8 Å². The van der Waals surface area contributed by atoms with E-state index in [0.29, 0.717) is 18.5 Å². The molecule has 0 aromatic heterocycles. The van der Waals surface area contributed by atoms with Crippen molar-refractivity contribution in [3.8, 4) is 0 Å². The number of carbonyl (C=O) groups is 2. The average molecular weight is 550 g/mol. The first-order valence-electron chi connectivity index (χ1n) is 13.2. The van der Waals surface area contributed by atoms with Gasteiger partial charge in [0, 0.05) is 33.0 Å². The van der Waals surface area contributed by atoms with Crippen molar-refractivity contribution < 1.29 is 18.0 Å². The first kappa shape index (κ1) is 29.9. The summed E-state index contributed by atoms with van der Waals surface area (Å²) in [6.45, 7) is 6.28. The number of rotatable bonds is 12. The molecule has 0 aliphatic carbocycles. The molecule has 0 saturated heterocycles. The Labute approximate surface area is 232 Å². The van der Waals surface area contributed by atoms with Crippen molar-refractivity contribution in [3.63, 3.8) is 0 Å². The van der Waals surface area contributed by atoms with Gasteiger partial charge in [-0.1, -0.05) is 72.3 Å². The number of benzene rings is 3. The van der Waals surface area contributed by atoms with E-state index in [1.165, 1.54) is 10.6 Å². The van der Waals surface area contributed by atoms with Crippen LogP contribution in [0.3, 0.4) is 0 Å². The molecule has 0 aliphatic rings. The second-order valence-electron chi connectivity index (χ2n) is 9.98. The molecule has 0 saturated carbocycles. The molecular weight excluding hydrogens is 510 g/mol. The first-order valence-corrected chi connectivity index (χ1v) is 15.0. The van der Waals surface area contributed by atoms with E-state index in [-0.39, 0.29) is 31.3 Å². The number of anilines is 1. The monoisotopic (exact) mass is 549 g/mol. The second-order valence-corrected chi connectivity index (χ2v) is 11.9. The highest BCUT2D eigenvalue weighted by atomic mass is 32.2. The predicted octanol–water partition coefficient (Wildman–Crippen LogP) is 4.54. The zero-order valence-corrected chi connectivity index (χ0v) is 24.3. The normalized spacial score (nSPS) is 12.0. The Hall–Kier alpha value is -3.65. The third kappa shape index (κ3) is 8.17. The van der Waals surface area contributed by atoms with Gasteiger partial charge in [0.15, 0.2) is 0 Å². The molecule has 208 valence electrons. The largest absolute Gasteiger partial charge is 0.357 e. The van der Waals surface area contributed by atoms with Crippen molar-refractivity contribution in [2.75, 3.05) is 24.2 Å². The highest BCUT2D eigenvalue weighted by molar-refractivity contribution is 7.92. The molecule has 0 unspecified atom stereocenters. The Kier molecular flexibility index (Phi) is 10.3. The van der Waals surface area contributed by atoms with E-state index in [2.05, 4.69) is 5.32 Å². The van der Waals surface area contributed by atoms with Gasteiger partial charge in [-0.25, -0.2) is 8.42 Å². The quantitative estimate of drug-likeness (QED) is 0.359. The topological polar surface area (TPSA) is 86.8 Å². The van der Waals surface area contributed by atoms with Crippen LogP contribution in [0.15, 0.2) is 72.8 Å². The summed E-state index contributed by atoms with van der Waals surface area (Å²) in [5.74, 6) is -0.443. The smallest absolute Gasteiger partial charge is 0.242 e. The first-order chi connectivity index (χ1) is 18.5. The summed E-state index contributed by atoms with van der Waals surface area (Å²) in [7, 11) is -1.99. The number of nitrogens with zero attached hydrogens (tertiary/aromatic N) is 2. The lowest BCUT2D eigenvalue weighted by Crippen LogP contribution is -2.49. The minimum Gasteiger partial charge on any atom is -0.357 e. The van der Waals surface area contributed by atoms with Crippen LogP contribution in [-0.4, -0.2) is 51.0 Å². The van der Waals surface area contributed by atoms with Crippen molar-refractivity contribution in [1.29, 1.82) is 0 Å². The molecule has 1 atom stereocenters. The molecule has 3 rings (SSSR count). The zero-order valence-electron chi connectivity index (χ0n) is 23.5. The number of aryl methyl sites for hydroxylation is 2. The highest BCUT2D eigenvalue weighted by Gasteiger charge is 2.30. The van der Waals surface area contributed by atoms with E-state index >= 15 is 0 Å². The number of sulfonamides is 1. The summed E-state index contributed by atoms with van der Waals surface area (Å²) in [6, 6.07) is 22.4. The molecule has 3 aromatic carbocycles. The number of amides is 2. The Morgan fingerprint density at radius 3 is 2.15 bits per heavy atom. The van der Waals surface area contributed by atoms with Crippen LogP contribution in [-0.2, 0) is 32.6 Å². The Bertz CT molecular complexity index is 1370. The van der Waals surface area contributed by atoms with Crippen molar-refractivity contribution in [1.82, 2.24) is 10.2 Å². The molecule has 7 nitrogen and oxygen atoms in total. The second kappa shape index (κ2) is 13.4. The van der Waals surface area contributed by atoms with Gasteiger partial charge < -0.3 is 10.2 Å². The molecule has 0 aliphatic heterocycles. The predicted molar refractivity (Wildman–Crippen MR) is 157 cm³/mol. The van der Waals surface area contributed by atoms with Crippen LogP contribution in [0.4, 0.5) is 5.69 Å². The molecular formula is C31H39N3O4S. The molecule has 2 amide bonds. The van der Waals surface area contributed by atoms with Crippen molar-refractivity contribution in [2.24, 2.45) is 0 Å². The molecule has 8 heteroatoms. The maximum atomic E-state index is 13.7. The van der Waals surface area contributed by atoms with Gasteiger partial charge in [0.25, 0.3) is 0 Å². The molecule has 0 radical (unpaired) electrons. The van der Waals surface area contributed by atoms with Crippen LogP contribution < -0.4 is 9.62 Å². The molecule has 3 aromatic rings. The van der Waals surface area contributed by atoms with E-state index < -0.39 is 16.1 Å². The molecule has 0 heterocycles.